The highest BCUT2D eigenvalue weighted by Gasteiger charge is 2.37. The van der Waals surface area contributed by atoms with Gasteiger partial charge in [0.25, 0.3) is 5.91 Å². The number of carbonyl (C=O) groups excluding carboxylic acids is 4. The number of fused-ring (bicyclic) bond motifs is 2. The lowest BCUT2D eigenvalue weighted by molar-refractivity contribution is -0.145. The van der Waals surface area contributed by atoms with E-state index in [0.29, 0.717) is 82.3 Å². The molecule has 3 aromatic rings. The Morgan fingerprint density at radius 1 is 0.823 bits per heavy atom. The number of para-hydroxylation sites is 1. The van der Waals surface area contributed by atoms with Crippen molar-refractivity contribution in [3.63, 3.8) is 0 Å². The maximum atomic E-state index is 14.4. The number of piperazine rings is 1. The number of morpholine rings is 1. The summed E-state index contributed by atoms with van der Waals surface area (Å²) >= 11 is 0. The molecule has 0 radical (unpaired) electrons. The molecule has 1 aromatic heterocycles. The summed E-state index contributed by atoms with van der Waals surface area (Å²) in [6.07, 6.45) is 2.82. The van der Waals surface area contributed by atoms with Gasteiger partial charge >= 0.3 is 23.8 Å². The van der Waals surface area contributed by atoms with Crippen LogP contribution in [0.15, 0.2) is 45.6 Å². The van der Waals surface area contributed by atoms with E-state index in [1.807, 2.05) is 47.1 Å². The number of nitrogens with zero attached hydrogens (tertiary/aromatic N) is 7. The van der Waals surface area contributed by atoms with Crippen molar-refractivity contribution in [2.45, 2.75) is 70.1 Å². The van der Waals surface area contributed by atoms with Crippen molar-refractivity contribution < 1.29 is 37.8 Å². The molecule has 17 nitrogen and oxygen atoms in total. The van der Waals surface area contributed by atoms with Gasteiger partial charge in [-0.2, -0.15) is 0 Å². The zero-order chi connectivity index (χ0) is 43.2. The largest absolute Gasteiger partial charge is 0.464 e. The smallest absolute Gasteiger partial charge is 0.419 e. The van der Waals surface area contributed by atoms with Crippen LogP contribution in [0.3, 0.4) is 0 Å². The quantitative estimate of drug-likeness (QED) is 0.266. The number of piperidine rings is 2. The molecule has 17 heteroatoms. The van der Waals surface area contributed by atoms with Crippen LogP contribution in [0, 0.1) is 6.92 Å². The molecule has 6 heterocycles. The maximum absolute atomic E-state index is 14.4. The van der Waals surface area contributed by atoms with Crippen molar-refractivity contribution in [3.8, 4) is 0 Å². The van der Waals surface area contributed by atoms with Crippen LogP contribution in [0.5, 0.6) is 0 Å². The van der Waals surface area contributed by atoms with Crippen LogP contribution < -0.4 is 11.1 Å². The minimum absolute atomic E-state index is 0.0238. The highest BCUT2D eigenvalue weighted by molar-refractivity contribution is 5.91. The second-order valence-corrected chi connectivity index (χ2v) is 17.4. The number of aryl methyl sites for hydroxylation is 2. The second kappa shape index (κ2) is 20.0. The molecule has 0 spiro atoms. The summed E-state index contributed by atoms with van der Waals surface area (Å²) in [5.41, 5.74) is 4.61. The van der Waals surface area contributed by atoms with Gasteiger partial charge in [-0.05, 0) is 80.9 Å². The Morgan fingerprint density at radius 2 is 1.53 bits per heavy atom. The van der Waals surface area contributed by atoms with Crippen LogP contribution in [0.4, 0.5) is 15.3 Å². The fraction of sp³-hybridized carbons (Fsp3) is 0.622. The van der Waals surface area contributed by atoms with Gasteiger partial charge < -0.3 is 43.5 Å². The summed E-state index contributed by atoms with van der Waals surface area (Å²) in [5.74, 6) is -0.862. The predicted molar refractivity (Wildman–Crippen MR) is 231 cm³/mol. The van der Waals surface area contributed by atoms with Crippen LogP contribution >= 0.6 is 0 Å². The minimum atomic E-state index is -1.08. The van der Waals surface area contributed by atoms with E-state index in [-0.39, 0.29) is 30.4 Å². The molecule has 0 unspecified atom stereocenters. The monoisotopic (exact) mass is 858 g/mol. The van der Waals surface area contributed by atoms with Gasteiger partial charge in [0.15, 0.2) is 11.7 Å². The predicted octanol–water partition coefficient (Wildman–Crippen LogP) is 2.92. The lowest BCUT2D eigenvalue weighted by Gasteiger charge is -2.43. The van der Waals surface area contributed by atoms with Crippen molar-refractivity contribution in [3.05, 3.63) is 63.6 Å². The van der Waals surface area contributed by atoms with Gasteiger partial charge in [-0.3, -0.25) is 24.0 Å². The molecule has 0 aliphatic carbocycles. The molecule has 5 aliphatic heterocycles. The molecule has 4 amide bonds. The Balaban J connectivity index is 0.836. The minimum Gasteiger partial charge on any atom is -0.464 e. The lowest BCUT2D eigenvalue weighted by atomic mass is 10.0. The van der Waals surface area contributed by atoms with Gasteiger partial charge in [0.1, 0.15) is 6.61 Å². The molecule has 1 atom stereocenters. The van der Waals surface area contributed by atoms with E-state index in [4.69, 9.17) is 18.6 Å². The van der Waals surface area contributed by atoms with Crippen molar-refractivity contribution >= 4 is 40.8 Å². The van der Waals surface area contributed by atoms with E-state index in [0.717, 1.165) is 101 Å². The first-order valence-corrected chi connectivity index (χ1v) is 22.5. The number of benzene rings is 2. The van der Waals surface area contributed by atoms with Crippen molar-refractivity contribution in [1.82, 2.24) is 34.0 Å². The van der Waals surface area contributed by atoms with E-state index in [2.05, 4.69) is 20.0 Å². The number of nitrogens with one attached hydrogen (secondary N) is 1. The summed E-state index contributed by atoms with van der Waals surface area (Å²) in [4.78, 5) is 78.6. The summed E-state index contributed by atoms with van der Waals surface area (Å²) in [7, 11) is 1.66. The van der Waals surface area contributed by atoms with Crippen LogP contribution in [0.1, 0.15) is 48.8 Å². The van der Waals surface area contributed by atoms with Gasteiger partial charge in [0, 0.05) is 103 Å². The fourth-order valence-corrected chi connectivity index (χ4v) is 9.84. The van der Waals surface area contributed by atoms with Gasteiger partial charge in [0.2, 0.25) is 0 Å². The van der Waals surface area contributed by atoms with Gasteiger partial charge in [-0.25, -0.2) is 14.4 Å². The SMILES string of the molecule is Cc1cc(C[C@@H](OC(=O)N2CCC(N3CCc4ccccc4NC3=O)CC2)C(=O)N2CCN(C3CCN(CCC(=O)OCCN4CCOCC4)CC3)CC2)cc2oc(=O)n(C)c12. The van der Waals surface area contributed by atoms with Crippen molar-refractivity contribution in [2.75, 3.05) is 110 Å². The first kappa shape index (κ1) is 43.7. The van der Waals surface area contributed by atoms with E-state index >= 15 is 0 Å². The number of carbonyl (C=O) groups is 4. The number of urea groups is 1. The van der Waals surface area contributed by atoms with Crippen LogP contribution in [0.2, 0.25) is 0 Å². The highest BCUT2D eigenvalue weighted by Crippen LogP contribution is 2.27. The van der Waals surface area contributed by atoms with E-state index < -0.39 is 18.0 Å². The number of anilines is 1. The number of esters is 1. The Hall–Kier alpha value is -4.97. The average molecular weight is 859 g/mol. The number of hydrogen-bond donors (Lipinski definition) is 1. The fourth-order valence-electron chi connectivity index (χ4n) is 9.84. The van der Waals surface area contributed by atoms with Gasteiger partial charge in [-0.1, -0.05) is 24.3 Å². The number of likely N-dealkylation sites (tertiary alicyclic amines) is 2. The maximum Gasteiger partial charge on any atom is 0.419 e. The summed E-state index contributed by atoms with van der Waals surface area (Å²) in [5, 5.41) is 3.05. The van der Waals surface area contributed by atoms with Crippen LogP contribution in [-0.4, -0.2) is 181 Å². The third-order valence-corrected chi connectivity index (χ3v) is 13.5. The number of ether oxygens (including phenoxy) is 3. The molecule has 336 valence electrons. The molecule has 8 rings (SSSR count). The number of aromatic nitrogens is 1. The van der Waals surface area contributed by atoms with Gasteiger partial charge in [0.05, 0.1) is 25.2 Å². The first-order chi connectivity index (χ1) is 30.1. The van der Waals surface area contributed by atoms with E-state index in [1.165, 1.54) is 4.57 Å². The topological polar surface area (TPSA) is 163 Å². The molecule has 4 fully saturated rings. The average Bonchev–Trinajstić information content (AvgIpc) is 3.47. The third-order valence-electron chi connectivity index (χ3n) is 13.5. The Kier molecular flexibility index (Phi) is 14.1. The standard InChI is InChI=1S/C45H62N8O9/c1-32-29-33(30-38-41(32)47(2)44(57)61-38)31-39(62-45(58)52-16-10-36(11-17-52)53-18-7-34-5-3-4-6-37(34)46-43(53)56)42(55)51-21-19-50(20-22-51)35-8-13-48(14-9-35)15-12-40(54)60-28-25-49-23-26-59-27-24-49/h3-6,29-30,35-36,39H,7-28,31H2,1-2H3,(H,46,56)/t39-/m1/s1. The van der Waals surface area contributed by atoms with Crippen molar-refractivity contribution in [2.24, 2.45) is 7.05 Å². The molecule has 0 bridgehead atoms. The Labute approximate surface area is 362 Å². The molecule has 5 aliphatic rings. The molecular weight excluding hydrogens is 797 g/mol. The molecule has 4 saturated heterocycles. The zero-order valence-electron chi connectivity index (χ0n) is 36.3. The number of rotatable bonds is 12. The first-order valence-electron chi connectivity index (χ1n) is 22.5. The second-order valence-electron chi connectivity index (χ2n) is 17.4. The molecule has 62 heavy (non-hydrogen) atoms. The molecule has 0 saturated carbocycles. The normalized spacial score (nSPS) is 20.7. The number of oxazole rings is 1. The van der Waals surface area contributed by atoms with Crippen LogP contribution in [0.25, 0.3) is 11.1 Å². The van der Waals surface area contributed by atoms with E-state index in [1.54, 1.807) is 18.0 Å². The third kappa shape index (κ3) is 10.4. The molecule has 2 aromatic carbocycles. The highest BCUT2D eigenvalue weighted by atomic mass is 16.6. The summed E-state index contributed by atoms with van der Waals surface area (Å²) < 4.78 is 24.0. The van der Waals surface area contributed by atoms with Crippen molar-refractivity contribution in [1.29, 1.82) is 0 Å². The summed E-state index contributed by atoms with van der Waals surface area (Å²) in [6.45, 7) is 12.6. The number of amides is 4. The molecule has 1 N–H and O–H groups in total. The Bertz CT molecular complexity index is 2110. The number of hydrogen-bond acceptors (Lipinski definition) is 12. The van der Waals surface area contributed by atoms with Gasteiger partial charge in [-0.15, -0.1) is 0 Å². The van der Waals surface area contributed by atoms with E-state index in [9.17, 15) is 24.0 Å². The zero-order valence-corrected chi connectivity index (χ0v) is 36.3. The summed E-state index contributed by atoms with van der Waals surface area (Å²) in [6, 6.07) is 11.8. The molecular formula is C45H62N8O9. The lowest BCUT2D eigenvalue weighted by Crippen LogP contribution is -2.56. The van der Waals surface area contributed by atoms with Crippen LogP contribution in [-0.2, 0) is 43.7 Å². The Morgan fingerprint density at radius 3 is 2.29 bits per heavy atom.